The number of hydrogen-bond acceptors (Lipinski definition) is 5. The molecular formula is C28H34N6O4. The lowest BCUT2D eigenvalue weighted by molar-refractivity contribution is -0.117. The molecule has 10 heteroatoms. The number of nitrogens with one attached hydrogen (secondary N) is 2. The van der Waals surface area contributed by atoms with Gasteiger partial charge in [0.1, 0.15) is 6.54 Å². The van der Waals surface area contributed by atoms with Crippen LogP contribution in [0.15, 0.2) is 52.1 Å². The Bertz CT molecular complexity index is 1630. The third kappa shape index (κ3) is 5.39. The van der Waals surface area contributed by atoms with Gasteiger partial charge in [-0.1, -0.05) is 39.0 Å². The van der Waals surface area contributed by atoms with Crippen LogP contribution in [-0.4, -0.2) is 36.6 Å². The van der Waals surface area contributed by atoms with E-state index in [1.54, 1.807) is 18.2 Å². The summed E-state index contributed by atoms with van der Waals surface area (Å²) in [4.78, 5) is 52.7. The standard InChI is InChI=1S/C28H34N6O4/c1-6-19(5)29-25(36)20-11-12-21-23(15-20)34-27(32(26(21)37)14-13-17(2)3)31-33(28(34)38)16-24(35)30-22-10-8-7-9-18(22)4/h7-12,15,17,19H,6,13-14,16H2,1-5H3,(H,29,36)(H,30,35)/t19-/m1/s1. The topological polar surface area (TPSA) is 120 Å². The average molecular weight is 519 g/mol. The summed E-state index contributed by atoms with van der Waals surface area (Å²) in [6.07, 6.45) is 1.46. The normalized spacial score (nSPS) is 12.3. The summed E-state index contributed by atoms with van der Waals surface area (Å²) < 4.78 is 3.84. The maximum absolute atomic E-state index is 13.6. The summed E-state index contributed by atoms with van der Waals surface area (Å²) in [5, 5.41) is 10.4. The number of nitrogens with zero attached hydrogens (tertiary/aromatic N) is 4. The van der Waals surface area contributed by atoms with Gasteiger partial charge in [-0.2, -0.15) is 0 Å². The zero-order valence-corrected chi connectivity index (χ0v) is 22.4. The smallest absolute Gasteiger partial charge is 0.350 e. The highest BCUT2D eigenvalue weighted by atomic mass is 16.2. The van der Waals surface area contributed by atoms with Crippen LogP contribution in [0.25, 0.3) is 16.7 Å². The molecule has 0 saturated heterocycles. The number of benzene rings is 2. The molecule has 0 aliphatic rings. The van der Waals surface area contributed by atoms with Crippen molar-refractivity contribution in [1.29, 1.82) is 0 Å². The van der Waals surface area contributed by atoms with E-state index in [0.717, 1.165) is 16.7 Å². The fraction of sp³-hybridized carbons (Fsp3) is 0.393. The first-order chi connectivity index (χ1) is 18.1. The minimum absolute atomic E-state index is 0.0283. The monoisotopic (exact) mass is 518 g/mol. The van der Waals surface area contributed by atoms with Crippen LogP contribution in [0.1, 0.15) is 56.5 Å². The lowest BCUT2D eigenvalue weighted by Crippen LogP contribution is -2.32. The Hall–Kier alpha value is -4.21. The molecule has 2 amide bonds. The van der Waals surface area contributed by atoms with Crippen LogP contribution in [0.4, 0.5) is 5.69 Å². The molecule has 2 aromatic heterocycles. The molecule has 0 saturated carbocycles. The number of rotatable bonds is 9. The van der Waals surface area contributed by atoms with Gasteiger partial charge >= 0.3 is 5.69 Å². The fourth-order valence-corrected chi connectivity index (χ4v) is 4.20. The van der Waals surface area contributed by atoms with E-state index in [2.05, 4.69) is 15.7 Å². The number of fused-ring (bicyclic) bond motifs is 3. The minimum atomic E-state index is -0.567. The van der Waals surface area contributed by atoms with Gasteiger partial charge in [0.05, 0.1) is 10.9 Å². The molecule has 0 unspecified atom stereocenters. The fourth-order valence-electron chi connectivity index (χ4n) is 4.20. The molecule has 2 N–H and O–H groups in total. The maximum atomic E-state index is 13.6. The van der Waals surface area contributed by atoms with Gasteiger partial charge in [-0.15, -0.1) is 5.10 Å². The number of carbonyl (C=O) groups is 2. The van der Waals surface area contributed by atoms with E-state index in [0.29, 0.717) is 35.5 Å². The number of aromatic nitrogens is 4. The molecule has 0 aliphatic carbocycles. The molecule has 10 nitrogen and oxygen atoms in total. The minimum Gasteiger partial charge on any atom is -0.350 e. The van der Waals surface area contributed by atoms with Crippen molar-refractivity contribution in [2.24, 2.45) is 5.92 Å². The molecule has 2 heterocycles. The second kappa shape index (κ2) is 11.0. The molecule has 0 spiro atoms. The number of amides is 2. The highest BCUT2D eigenvalue weighted by molar-refractivity contribution is 5.98. The summed E-state index contributed by atoms with van der Waals surface area (Å²) in [6, 6.07) is 12.0. The van der Waals surface area contributed by atoms with Crippen LogP contribution in [0.3, 0.4) is 0 Å². The molecule has 4 rings (SSSR count). The number of aryl methyl sites for hydroxylation is 2. The third-order valence-electron chi connectivity index (χ3n) is 6.67. The van der Waals surface area contributed by atoms with Crippen LogP contribution >= 0.6 is 0 Å². The number of hydrogen-bond donors (Lipinski definition) is 2. The Kier molecular flexibility index (Phi) is 7.80. The van der Waals surface area contributed by atoms with Crippen molar-refractivity contribution in [3.05, 3.63) is 74.4 Å². The second-order valence-electron chi connectivity index (χ2n) is 10.1. The van der Waals surface area contributed by atoms with Gasteiger partial charge in [0.2, 0.25) is 11.7 Å². The largest absolute Gasteiger partial charge is 0.352 e. The summed E-state index contributed by atoms with van der Waals surface area (Å²) in [5.74, 6) is -0.260. The van der Waals surface area contributed by atoms with Gasteiger partial charge in [-0.05, 0) is 62.4 Å². The quantitative estimate of drug-likeness (QED) is 0.352. The molecule has 4 aromatic rings. The van der Waals surface area contributed by atoms with Crippen molar-refractivity contribution >= 4 is 34.2 Å². The Morgan fingerprint density at radius 2 is 1.79 bits per heavy atom. The number of anilines is 1. The van der Waals surface area contributed by atoms with Crippen molar-refractivity contribution in [2.75, 3.05) is 5.32 Å². The first kappa shape index (κ1) is 26.8. The number of para-hydroxylation sites is 1. The predicted molar refractivity (Wildman–Crippen MR) is 148 cm³/mol. The Balaban J connectivity index is 1.84. The van der Waals surface area contributed by atoms with E-state index >= 15 is 0 Å². The zero-order chi connectivity index (χ0) is 27.6. The lowest BCUT2D eigenvalue weighted by Gasteiger charge is -2.13. The van der Waals surface area contributed by atoms with Crippen molar-refractivity contribution < 1.29 is 9.59 Å². The highest BCUT2D eigenvalue weighted by Gasteiger charge is 2.20. The van der Waals surface area contributed by atoms with Crippen molar-refractivity contribution in [3.8, 4) is 0 Å². The van der Waals surface area contributed by atoms with E-state index in [1.807, 2.05) is 52.8 Å². The summed E-state index contributed by atoms with van der Waals surface area (Å²) in [7, 11) is 0. The summed E-state index contributed by atoms with van der Waals surface area (Å²) >= 11 is 0. The number of carbonyl (C=O) groups excluding carboxylic acids is 2. The van der Waals surface area contributed by atoms with E-state index in [9.17, 15) is 19.2 Å². The molecule has 38 heavy (non-hydrogen) atoms. The van der Waals surface area contributed by atoms with Gasteiger partial charge in [-0.25, -0.2) is 13.9 Å². The maximum Gasteiger partial charge on any atom is 0.352 e. The van der Waals surface area contributed by atoms with Gasteiger partial charge in [0.25, 0.3) is 11.5 Å². The van der Waals surface area contributed by atoms with E-state index in [4.69, 9.17) is 0 Å². The molecule has 0 radical (unpaired) electrons. The van der Waals surface area contributed by atoms with E-state index in [1.165, 1.54) is 15.0 Å². The molecule has 200 valence electrons. The molecule has 0 bridgehead atoms. The van der Waals surface area contributed by atoms with Crippen molar-refractivity contribution in [2.45, 2.75) is 66.6 Å². The summed E-state index contributed by atoms with van der Waals surface area (Å²) in [6.45, 7) is 9.87. The molecule has 0 fully saturated rings. The molecular weight excluding hydrogens is 484 g/mol. The van der Waals surface area contributed by atoms with Gasteiger partial charge in [-0.3, -0.25) is 19.0 Å². The Morgan fingerprint density at radius 1 is 1.05 bits per heavy atom. The van der Waals surface area contributed by atoms with Gasteiger partial charge in [0, 0.05) is 23.8 Å². The third-order valence-corrected chi connectivity index (χ3v) is 6.67. The second-order valence-corrected chi connectivity index (χ2v) is 10.1. The van der Waals surface area contributed by atoms with Crippen molar-refractivity contribution in [3.63, 3.8) is 0 Å². The Morgan fingerprint density at radius 3 is 2.47 bits per heavy atom. The van der Waals surface area contributed by atoms with Crippen LogP contribution in [-0.2, 0) is 17.9 Å². The van der Waals surface area contributed by atoms with Crippen molar-refractivity contribution in [1.82, 2.24) is 24.1 Å². The Labute approximate surface area is 220 Å². The predicted octanol–water partition coefficient (Wildman–Crippen LogP) is 3.33. The van der Waals surface area contributed by atoms with Crippen LogP contribution in [0.2, 0.25) is 0 Å². The van der Waals surface area contributed by atoms with Gasteiger partial charge < -0.3 is 10.6 Å². The van der Waals surface area contributed by atoms with E-state index in [-0.39, 0.29) is 35.3 Å². The molecule has 2 aromatic carbocycles. The van der Waals surface area contributed by atoms with Crippen LogP contribution < -0.4 is 21.9 Å². The molecule has 1 atom stereocenters. The first-order valence-electron chi connectivity index (χ1n) is 12.9. The van der Waals surface area contributed by atoms with Crippen LogP contribution in [0.5, 0.6) is 0 Å². The van der Waals surface area contributed by atoms with E-state index < -0.39 is 11.6 Å². The van der Waals surface area contributed by atoms with Gasteiger partial charge in [0.15, 0.2) is 0 Å². The average Bonchev–Trinajstić information content (AvgIpc) is 3.20. The zero-order valence-electron chi connectivity index (χ0n) is 22.4. The first-order valence-corrected chi connectivity index (χ1v) is 12.9. The highest BCUT2D eigenvalue weighted by Crippen LogP contribution is 2.16. The lowest BCUT2D eigenvalue weighted by atomic mass is 10.1. The molecule has 0 aliphatic heterocycles. The van der Waals surface area contributed by atoms with Crippen LogP contribution in [0, 0.1) is 12.8 Å². The SMILES string of the molecule is CC[C@@H](C)NC(=O)c1ccc2c(=O)n(CCC(C)C)c3nn(CC(=O)Nc4ccccc4C)c(=O)n3c2c1. The summed E-state index contributed by atoms with van der Waals surface area (Å²) in [5.41, 5.74) is 1.27.